The number of carbonyl (C=O) groups excluding carboxylic acids is 1. The van der Waals surface area contributed by atoms with Crippen molar-refractivity contribution >= 4 is 5.97 Å². The predicted molar refractivity (Wildman–Crippen MR) is 147 cm³/mol. The van der Waals surface area contributed by atoms with Crippen LogP contribution in [0.4, 0.5) is 4.39 Å². The number of allylic oxidation sites excluding steroid dienone is 1. The molecule has 41 heavy (non-hydrogen) atoms. The molecule has 1 aliphatic heterocycles. The summed E-state index contributed by atoms with van der Waals surface area (Å²) in [4.78, 5) is 12.7. The fourth-order valence-corrected chi connectivity index (χ4v) is 4.46. The van der Waals surface area contributed by atoms with Crippen LogP contribution in [0.5, 0.6) is 28.7 Å². The number of hydrogen-bond acceptors (Lipinski definition) is 8. The van der Waals surface area contributed by atoms with Crippen LogP contribution in [-0.2, 0) is 6.61 Å². The van der Waals surface area contributed by atoms with Crippen LogP contribution in [0.1, 0.15) is 33.0 Å². The third kappa shape index (κ3) is 5.77. The molecule has 4 aromatic carbocycles. The molecule has 1 unspecified atom stereocenters. The van der Waals surface area contributed by atoms with E-state index in [0.29, 0.717) is 39.7 Å². The number of benzene rings is 4. The fraction of sp³-hybridized carbons (Fsp3) is 0.125. The molecular weight excluding hydrogens is 527 g/mol. The minimum Gasteiger partial charge on any atom is -0.497 e. The molecule has 2 N–H and O–H groups in total. The summed E-state index contributed by atoms with van der Waals surface area (Å²) < 4.78 is 41.2. The predicted octanol–water partition coefficient (Wildman–Crippen LogP) is 5.86. The van der Waals surface area contributed by atoms with E-state index in [-0.39, 0.29) is 29.6 Å². The Balaban J connectivity index is 1.41. The Hall–Kier alpha value is -5.49. The number of rotatable bonds is 8. The summed E-state index contributed by atoms with van der Waals surface area (Å²) in [7, 11) is 3.06. The lowest BCUT2D eigenvalue weighted by Gasteiger charge is -2.27. The number of halogens is 1. The van der Waals surface area contributed by atoms with E-state index in [1.807, 2.05) is 6.07 Å². The zero-order chi connectivity index (χ0) is 28.9. The summed E-state index contributed by atoms with van der Waals surface area (Å²) in [5.41, 5.74) is 8.89. The van der Waals surface area contributed by atoms with Crippen molar-refractivity contribution in [1.29, 1.82) is 5.26 Å². The maximum absolute atomic E-state index is 13.2. The number of ether oxygens (including phenoxy) is 5. The SMILES string of the molecule is COc1ccc(C(=O)Oc2ccc3c(c2)OC(N)=C(C#N)C3c2ccc(OCc3ccc(F)cc3)c(OC)c2)cc1. The van der Waals surface area contributed by atoms with Gasteiger partial charge < -0.3 is 29.4 Å². The zero-order valence-corrected chi connectivity index (χ0v) is 22.2. The molecule has 1 heterocycles. The molecule has 0 aromatic heterocycles. The van der Waals surface area contributed by atoms with E-state index in [2.05, 4.69) is 6.07 Å². The summed E-state index contributed by atoms with van der Waals surface area (Å²) in [6, 6.07) is 24.9. The average Bonchev–Trinajstić information content (AvgIpc) is 3.00. The summed E-state index contributed by atoms with van der Waals surface area (Å²) >= 11 is 0. The van der Waals surface area contributed by atoms with Crippen LogP contribution < -0.4 is 29.4 Å². The van der Waals surface area contributed by atoms with E-state index in [9.17, 15) is 14.4 Å². The summed E-state index contributed by atoms with van der Waals surface area (Å²) in [5.74, 6) is 0.630. The first-order valence-electron chi connectivity index (χ1n) is 12.5. The second kappa shape index (κ2) is 11.7. The average molecular weight is 553 g/mol. The standard InChI is InChI=1S/C32H25FN2O6/c1-37-23-10-5-20(6-11-23)32(36)40-24-12-13-25-28(16-24)41-31(35)26(17-34)30(25)21-7-14-27(29(15-21)38-2)39-18-19-3-8-22(33)9-4-19/h3-16,30H,18,35H2,1-2H3. The number of fused-ring (bicyclic) bond motifs is 1. The summed E-state index contributed by atoms with van der Waals surface area (Å²) in [5, 5.41) is 9.94. The van der Waals surface area contributed by atoms with E-state index in [1.165, 1.54) is 19.2 Å². The van der Waals surface area contributed by atoms with Crippen molar-refractivity contribution < 1.29 is 32.9 Å². The molecule has 0 spiro atoms. The van der Waals surface area contributed by atoms with Gasteiger partial charge in [-0.05, 0) is 65.7 Å². The molecule has 0 radical (unpaired) electrons. The Bertz CT molecular complexity index is 1660. The number of nitrogens with zero attached hydrogens (tertiary/aromatic N) is 1. The number of hydrogen-bond donors (Lipinski definition) is 1. The van der Waals surface area contributed by atoms with Gasteiger partial charge in [-0.2, -0.15) is 5.26 Å². The number of nitrogens with two attached hydrogens (primary N) is 1. The zero-order valence-electron chi connectivity index (χ0n) is 22.2. The van der Waals surface area contributed by atoms with Crippen molar-refractivity contribution in [3.63, 3.8) is 0 Å². The lowest BCUT2D eigenvalue weighted by molar-refractivity contribution is 0.0734. The molecule has 1 aliphatic rings. The maximum atomic E-state index is 13.2. The highest BCUT2D eigenvalue weighted by atomic mass is 19.1. The molecule has 8 nitrogen and oxygen atoms in total. The van der Waals surface area contributed by atoms with E-state index < -0.39 is 11.9 Å². The van der Waals surface area contributed by atoms with Crippen LogP contribution in [-0.4, -0.2) is 20.2 Å². The van der Waals surface area contributed by atoms with Crippen LogP contribution in [0.15, 0.2) is 96.4 Å². The second-order valence-electron chi connectivity index (χ2n) is 9.07. The normalized spacial score (nSPS) is 13.9. The Morgan fingerprint density at radius 1 is 0.927 bits per heavy atom. The monoisotopic (exact) mass is 552 g/mol. The lowest BCUT2D eigenvalue weighted by Crippen LogP contribution is -2.21. The first kappa shape index (κ1) is 27.1. The Kier molecular flexibility index (Phi) is 7.74. The van der Waals surface area contributed by atoms with Gasteiger partial charge in [-0.3, -0.25) is 0 Å². The Morgan fingerprint density at radius 3 is 2.34 bits per heavy atom. The minimum atomic E-state index is -0.574. The smallest absolute Gasteiger partial charge is 0.343 e. The van der Waals surface area contributed by atoms with Crippen LogP contribution >= 0.6 is 0 Å². The molecule has 0 bridgehead atoms. The van der Waals surface area contributed by atoms with Gasteiger partial charge in [-0.25, -0.2) is 9.18 Å². The van der Waals surface area contributed by atoms with E-state index in [0.717, 1.165) is 5.56 Å². The van der Waals surface area contributed by atoms with Gasteiger partial charge in [0.1, 0.15) is 41.3 Å². The maximum Gasteiger partial charge on any atom is 0.343 e. The van der Waals surface area contributed by atoms with E-state index >= 15 is 0 Å². The molecule has 0 fully saturated rings. The highest BCUT2D eigenvalue weighted by Gasteiger charge is 2.32. The molecule has 4 aromatic rings. The topological polar surface area (TPSA) is 113 Å². The van der Waals surface area contributed by atoms with E-state index in [4.69, 9.17) is 29.4 Å². The van der Waals surface area contributed by atoms with Gasteiger partial charge in [0.15, 0.2) is 11.5 Å². The van der Waals surface area contributed by atoms with Crippen molar-refractivity contribution in [1.82, 2.24) is 0 Å². The van der Waals surface area contributed by atoms with E-state index in [1.54, 1.807) is 73.8 Å². The quantitative estimate of drug-likeness (QED) is 0.214. The minimum absolute atomic E-state index is 0.0563. The van der Waals surface area contributed by atoms with Crippen LogP contribution in [0.2, 0.25) is 0 Å². The van der Waals surface area contributed by atoms with Crippen LogP contribution in [0.3, 0.4) is 0 Å². The third-order valence-electron chi connectivity index (χ3n) is 6.56. The highest BCUT2D eigenvalue weighted by Crippen LogP contribution is 2.45. The molecule has 0 saturated carbocycles. The number of methoxy groups -OCH3 is 2. The number of nitriles is 1. The molecule has 0 saturated heterocycles. The van der Waals surface area contributed by atoms with Gasteiger partial charge >= 0.3 is 5.97 Å². The Morgan fingerprint density at radius 2 is 1.66 bits per heavy atom. The first-order valence-corrected chi connectivity index (χ1v) is 12.5. The number of esters is 1. The van der Waals surface area contributed by atoms with Crippen LogP contribution in [0, 0.1) is 17.1 Å². The van der Waals surface area contributed by atoms with Crippen molar-refractivity contribution in [3.05, 3.63) is 124 Å². The van der Waals surface area contributed by atoms with Gasteiger partial charge in [0, 0.05) is 11.6 Å². The summed E-state index contributed by atoms with van der Waals surface area (Å²) in [6.45, 7) is 0.213. The van der Waals surface area contributed by atoms with Gasteiger partial charge in [0.2, 0.25) is 5.88 Å². The largest absolute Gasteiger partial charge is 0.497 e. The van der Waals surface area contributed by atoms with Gasteiger partial charge in [-0.15, -0.1) is 0 Å². The number of carbonyl (C=O) groups is 1. The molecule has 5 rings (SSSR count). The van der Waals surface area contributed by atoms with Gasteiger partial charge in [-0.1, -0.05) is 24.3 Å². The van der Waals surface area contributed by atoms with Gasteiger partial charge in [0.25, 0.3) is 0 Å². The Labute approximate surface area is 235 Å². The van der Waals surface area contributed by atoms with Crippen molar-refractivity contribution in [2.24, 2.45) is 5.73 Å². The molecular formula is C32H25FN2O6. The fourth-order valence-electron chi connectivity index (χ4n) is 4.46. The molecule has 206 valence electrons. The van der Waals surface area contributed by atoms with Crippen LogP contribution in [0.25, 0.3) is 0 Å². The third-order valence-corrected chi connectivity index (χ3v) is 6.56. The molecule has 0 amide bonds. The molecule has 1 atom stereocenters. The molecule has 0 aliphatic carbocycles. The van der Waals surface area contributed by atoms with Crippen molar-refractivity contribution in [2.75, 3.05) is 14.2 Å². The van der Waals surface area contributed by atoms with Crippen molar-refractivity contribution in [3.8, 4) is 34.8 Å². The first-order chi connectivity index (χ1) is 19.9. The van der Waals surface area contributed by atoms with Crippen molar-refractivity contribution in [2.45, 2.75) is 12.5 Å². The second-order valence-corrected chi connectivity index (χ2v) is 9.07. The van der Waals surface area contributed by atoms with Gasteiger partial charge in [0.05, 0.1) is 25.7 Å². The highest BCUT2D eigenvalue weighted by molar-refractivity contribution is 5.91. The lowest BCUT2D eigenvalue weighted by atomic mass is 9.83. The molecule has 9 heteroatoms. The summed E-state index contributed by atoms with van der Waals surface area (Å²) in [6.07, 6.45) is 0.